The van der Waals surface area contributed by atoms with Gasteiger partial charge in [-0.05, 0) is 117 Å². The second-order valence-corrected chi connectivity index (χ2v) is 24.7. The molecule has 0 amide bonds. The van der Waals surface area contributed by atoms with Crippen LogP contribution in [0.5, 0.6) is 0 Å². The third kappa shape index (κ3) is 20.7. The Hall–Kier alpha value is -11.7. The SMILES string of the molecule is CC(C)c1c[c-]c(-c2nccn2C(C)C)cc1.CC(C)c1ccnc(-c2ccn[n-]2)c1.CC(C)c1ccnc(C(=O)O)c1.Cn1cn[c-]c1-c1nnc(-c2cncn2C)nn1.Cn1cn[c-]c1-c1nnc(-c2cncn2C)nn1.[Ir].[Ir].[Ir].[c-]1ncc2ccccc2c1-c1nnc(-c2cncc3ccccc23)nn1. The van der Waals surface area contributed by atoms with Crippen molar-refractivity contribution in [3.05, 3.63) is 231 Å². The second kappa shape index (κ2) is 39.0. The van der Waals surface area contributed by atoms with Crippen molar-refractivity contribution in [3.63, 3.8) is 0 Å². The molecule has 13 heterocycles. The van der Waals surface area contributed by atoms with E-state index < -0.39 is 5.97 Å². The van der Waals surface area contributed by atoms with Crippen LogP contribution < -0.4 is 5.10 Å². The molecule has 0 aliphatic carbocycles. The van der Waals surface area contributed by atoms with Crippen LogP contribution in [-0.2, 0) is 88.5 Å². The first-order valence-corrected chi connectivity index (χ1v) is 33.1. The quantitative estimate of drug-likeness (QED) is 0.105. The molecule has 16 rings (SSSR count). The predicted octanol–water partition coefficient (Wildman–Crippen LogP) is 11.4. The molecule has 3 aromatic carbocycles. The van der Waals surface area contributed by atoms with Gasteiger partial charge in [0, 0.05) is 140 Å². The summed E-state index contributed by atoms with van der Waals surface area (Å²) in [6.07, 6.45) is 32.6. The number of fused-ring (bicyclic) bond motifs is 2. The number of carbonyl (C=O) groups is 1. The van der Waals surface area contributed by atoms with E-state index in [2.05, 4.69) is 211 Å². The van der Waals surface area contributed by atoms with Gasteiger partial charge in [0.2, 0.25) is 17.5 Å². The molecule has 0 saturated carbocycles. The maximum absolute atomic E-state index is 10.5. The number of carboxylic acid groups (broad SMARTS) is 1. The number of aryl methyl sites for hydroxylation is 4. The van der Waals surface area contributed by atoms with E-state index >= 15 is 0 Å². The molecule has 0 atom stereocenters. The van der Waals surface area contributed by atoms with Crippen LogP contribution in [0.25, 0.3) is 113 Å². The summed E-state index contributed by atoms with van der Waals surface area (Å²) >= 11 is 0. The van der Waals surface area contributed by atoms with Crippen LogP contribution in [0.4, 0.5) is 0 Å². The zero-order valence-electron chi connectivity index (χ0n) is 60.5. The van der Waals surface area contributed by atoms with Crippen molar-refractivity contribution < 1.29 is 70.2 Å². The van der Waals surface area contributed by atoms with Gasteiger partial charge in [0.1, 0.15) is 34.6 Å². The molecule has 0 bridgehead atoms. The molecule has 0 aliphatic rings. The third-order valence-corrected chi connectivity index (χ3v) is 16.0. The molecule has 108 heavy (non-hydrogen) atoms. The molecule has 0 saturated heterocycles. The molecular formula is C75H71Ir3N28O2-5. The largest absolute Gasteiger partial charge is 0.574 e. The summed E-state index contributed by atoms with van der Waals surface area (Å²) in [5.41, 5.74) is 10.8. The van der Waals surface area contributed by atoms with Crippen LogP contribution in [0.2, 0.25) is 0 Å². The molecule has 30 nitrogen and oxygen atoms in total. The fraction of sp³-hybridized carbons (Fsp3) is 0.213. The van der Waals surface area contributed by atoms with Gasteiger partial charge in [-0.25, -0.2) is 19.7 Å². The van der Waals surface area contributed by atoms with Crippen molar-refractivity contribution in [2.24, 2.45) is 28.2 Å². The van der Waals surface area contributed by atoms with Gasteiger partial charge >= 0.3 is 5.97 Å². The molecule has 1 N–H and O–H groups in total. The smallest absolute Gasteiger partial charge is 0.354 e. The van der Waals surface area contributed by atoms with E-state index in [1.165, 1.54) is 17.3 Å². The van der Waals surface area contributed by atoms with Crippen molar-refractivity contribution in [2.75, 3.05) is 0 Å². The van der Waals surface area contributed by atoms with E-state index in [1.54, 1.807) is 80.6 Å². The number of pyridine rings is 4. The zero-order valence-corrected chi connectivity index (χ0v) is 67.7. The Labute approximate surface area is 662 Å². The molecule has 0 unspecified atom stereocenters. The summed E-state index contributed by atoms with van der Waals surface area (Å²) < 4.78 is 9.27. The van der Waals surface area contributed by atoms with Crippen LogP contribution in [0.15, 0.2) is 184 Å². The minimum absolute atomic E-state index is 0. The Kier molecular flexibility index (Phi) is 29.6. The summed E-state index contributed by atoms with van der Waals surface area (Å²) in [4.78, 5) is 47.0. The van der Waals surface area contributed by atoms with E-state index in [0.717, 1.165) is 66.8 Å². The van der Waals surface area contributed by atoms with Crippen LogP contribution in [-0.4, -0.2) is 145 Å². The molecule has 0 fully saturated rings. The van der Waals surface area contributed by atoms with Gasteiger partial charge in [-0.2, -0.15) is 30.6 Å². The Morgan fingerprint density at radius 2 is 0.991 bits per heavy atom. The number of hydrogen-bond donors (Lipinski definition) is 1. The minimum Gasteiger partial charge on any atom is -0.574 e. The first-order chi connectivity index (χ1) is 50.9. The van der Waals surface area contributed by atoms with Crippen molar-refractivity contribution in [3.8, 4) is 91.6 Å². The second-order valence-electron chi connectivity index (χ2n) is 24.7. The van der Waals surface area contributed by atoms with Gasteiger partial charge in [-0.3, -0.25) is 15.0 Å². The summed E-state index contributed by atoms with van der Waals surface area (Å²) in [7, 11) is 7.37. The van der Waals surface area contributed by atoms with Crippen molar-refractivity contribution >= 4 is 27.5 Å². The number of nitrogens with zero attached hydrogens (tertiary/aromatic N) is 28. The maximum atomic E-state index is 10.5. The molecule has 13 aromatic heterocycles. The Morgan fingerprint density at radius 1 is 0.463 bits per heavy atom. The van der Waals surface area contributed by atoms with Gasteiger partial charge in [0.15, 0.2) is 0 Å². The minimum atomic E-state index is -0.975. The van der Waals surface area contributed by atoms with E-state index in [4.69, 9.17) is 5.11 Å². The summed E-state index contributed by atoms with van der Waals surface area (Å²) in [5.74, 6) is 3.89. The van der Waals surface area contributed by atoms with E-state index in [0.29, 0.717) is 75.7 Å². The third-order valence-electron chi connectivity index (χ3n) is 16.0. The normalized spacial score (nSPS) is 10.6. The number of rotatable bonds is 13. The molecule has 33 heteroatoms. The van der Waals surface area contributed by atoms with Crippen LogP contribution >= 0.6 is 0 Å². The number of benzene rings is 3. The summed E-state index contributed by atoms with van der Waals surface area (Å²) in [6, 6.07) is 35.3. The Morgan fingerprint density at radius 3 is 1.49 bits per heavy atom. The molecule has 3 radical (unpaired) electrons. The van der Waals surface area contributed by atoms with E-state index in [9.17, 15) is 4.79 Å². The van der Waals surface area contributed by atoms with E-state index in [-0.39, 0.29) is 66.0 Å². The monoisotopic (exact) mass is 1970 g/mol. The van der Waals surface area contributed by atoms with Gasteiger partial charge in [-0.1, -0.05) is 136 Å². The summed E-state index contributed by atoms with van der Waals surface area (Å²) in [5, 5.41) is 69.7. The topological polar surface area (TPSA) is 360 Å². The number of hydrogen-bond acceptors (Lipinski definition) is 23. The van der Waals surface area contributed by atoms with Gasteiger partial charge in [0.05, 0.1) is 30.9 Å². The van der Waals surface area contributed by atoms with Crippen LogP contribution in [0.3, 0.4) is 0 Å². The van der Waals surface area contributed by atoms with Crippen molar-refractivity contribution in [2.45, 2.75) is 79.2 Å². The molecule has 555 valence electrons. The Bertz CT molecular complexity index is 5100. The molecular weight excluding hydrogens is 1900 g/mol. The fourth-order valence-electron chi connectivity index (χ4n) is 10.1. The van der Waals surface area contributed by atoms with Crippen LogP contribution in [0.1, 0.15) is 106 Å². The zero-order chi connectivity index (χ0) is 73.9. The van der Waals surface area contributed by atoms with Crippen molar-refractivity contribution in [1.82, 2.24) is 139 Å². The number of imidazole rings is 5. The van der Waals surface area contributed by atoms with Crippen LogP contribution in [0, 0.1) is 24.7 Å². The predicted molar refractivity (Wildman–Crippen MR) is 391 cm³/mol. The van der Waals surface area contributed by atoms with Gasteiger partial charge in [-0.15, -0.1) is 66.0 Å². The maximum Gasteiger partial charge on any atom is 0.354 e. The molecule has 0 aliphatic heterocycles. The first kappa shape index (κ1) is 81.9. The average Bonchev–Trinajstić information content (AvgIpc) is 1.44. The number of aromatic carboxylic acids is 1. The van der Waals surface area contributed by atoms with Gasteiger partial charge < -0.3 is 53.1 Å². The average molecular weight is 1970 g/mol. The number of aromatic nitrogens is 28. The summed E-state index contributed by atoms with van der Waals surface area (Å²) in [6.45, 7) is 17.1. The van der Waals surface area contributed by atoms with Crippen molar-refractivity contribution in [1.29, 1.82) is 0 Å². The standard InChI is InChI=1S/C20H11N6.C15H19N2.C11H12N3.2C10H9N8.C9H11NO2.3Ir/c1-3-7-15-13(5-1)9-21-11-17(15)19-23-25-20(26-24-19)18-12-22-10-14-6-2-4-8-16(14)18;1-11(2)13-5-7-14(8-6-13)15-16-9-10-17(15)12(3)4;1-8(2)9-3-5-12-11(7-9)10-4-6-13-14-10;2*1-17-5-11-3-7(17)9-13-15-10(16-14-9)8-4-12-6-18(8)2;1-6(2)7-3-4-10-8(5-7)9(11)12;;;/h1-11H;5-7,9-12H,1-4H3;3-8H,1-2H3;2*3,5-6H,1-2H3;3-6H,1-2H3,(H,11,12);;;/q5*-1;;;;. The fourth-order valence-corrected chi connectivity index (χ4v) is 10.1. The molecule has 16 aromatic rings. The Balaban J connectivity index is 0.000000165. The van der Waals surface area contributed by atoms with Gasteiger partial charge in [0.25, 0.3) is 0 Å². The first-order valence-electron chi connectivity index (χ1n) is 33.1. The van der Waals surface area contributed by atoms with E-state index in [1.807, 2.05) is 134 Å². The molecule has 0 spiro atoms. The number of carboxylic acids is 1.